The first-order valence-electron chi connectivity index (χ1n) is 12.9. The molecule has 0 aromatic heterocycles. The number of carboxylic acids is 2. The van der Waals surface area contributed by atoms with Gasteiger partial charge in [0.2, 0.25) is 0 Å². The van der Waals surface area contributed by atoms with Crippen molar-refractivity contribution in [1.82, 2.24) is 0 Å². The quantitative estimate of drug-likeness (QED) is 0.152. The summed E-state index contributed by atoms with van der Waals surface area (Å²) in [5.41, 5.74) is -2.71. The van der Waals surface area contributed by atoms with Gasteiger partial charge >= 0.3 is 11.9 Å². The Hall–Kier alpha value is -5.64. The molecule has 0 spiro atoms. The molecule has 0 bridgehead atoms. The predicted octanol–water partition coefficient (Wildman–Crippen LogP) is 9.22. The van der Waals surface area contributed by atoms with Crippen LogP contribution in [0.25, 0.3) is 54.9 Å². The van der Waals surface area contributed by atoms with Crippen molar-refractivity contribution >= 4 is 33.5 Å². The molecule has 0 aliphatic carbocycles. The maximum absolute atomic E-state index is 14.4. The number of carboxylic acid groups (broad SMARTS) is 2. The van der Waals surface area contributed by atoms with Crippen LogP contribution in [-0.2, 0) is 0 Å². The van der Waals surface area contributed by atoms with E-state index >= 15 is 0 Å². The van der Waals surface area contributed by atoms with E-state index in [0.29, 0.717) is 35.0 Å². The molecule has 0 saturated carbocycles. The highest BCUT2D eigenvalue weighted by Gasteiger charge is 2.30. The molecule has 44 heavy (non-hydrogen) atoms. The third-order valence-corrected chi connectivity index (χ3v) is 7.37. The number of hydrogen-bond donors (Lipinski definition) is 2. The second-order valence-electron chi connectivity index (χ2n) is 9.91. The topological polar surface area (TPSA) is 74.6 Å². The van der Waals surface area contributed by atoms with Crippen molar-refractivity contribution in [2.45, 2.75) is 0 Å². The fourth-order valence-electron chi connectivity index (χ4n) is 5.54. The largest absolute Gasteiger partial charge is 0.478 e. The molecule has 0 aliphatic rings. The van der Waals surface area contributed by atoms with Gasteiger partial charge in [0.05, 0.1) is 11.1 Å². The minimum Gasteiger partial charge on any atom is -0.478 e. The number of halogens is 6. The van der Waals surface area contributed by atoms with Gasteiger partial charge in [0.25, 0.3) is 0 Å². The zero-order valence-electron chi connectivity index (χ0n) is 22.1. The molecule has 6 rings (SSSR count). The predicted molar refractivity (Wildman–Crippen MR) is 151 cm³/mol. The molecule has 0 atom stereocenters. The third-order valence-electron chi connectivity index (χ3n) is 7.37. The van der Waals surface area contributed by atoms with Crippen molar-refractivity contribution in [3.05, 3.63) is 131 Å². The first kappa shape index (κ1) is 28.5. The molecule has 2 N–H and O–H groups in total. The van der Waals surface area contributed by atoms with Gasteiger partial charge in [-0.05, 0) is 80.2 Å². The van der Waals surface area contributed by atoms with Crippen molar-refractivity contribution in [2.75, 3.05) is 0 Å². The molecule has 10 heteroatoms. The number of fused-ring (bicyclic) bond motifs is 2. The van der Waals surface area contributed by atoms with Gasteiger partial charge in [-0.15, -0.1) is 0 Å². The van der Waals surface area contributed by atoms with Crippen molar-refractivity contribution in [3.63, 3.8) is 0 Å². The van der Waals surface area contributed by atoms with Gasteiger partial charge in [0, 0.05) is 11.1 Å². The zero-order chi connectivity index (χ0) is 31.4. The molecule has 0 amide bonds. The van der Waals surface area contributed by atoms with Gasteiger partial charge in [-0.2, -0.15) is 0 Å². The van der Waals surface area contributed by atoms with Crippen molar-refractivity contribution in [3.8, 4) is 33.4 Å². The minimum absolute atomic E-state index is 0.186. The van der Waals surface area contributed by atoms with E-state index in [-0.39, 0.29) is 44.2 Å². The van der Waals surface area contributed by atoms with E-state index in [1.807, 2.05) is 0 Å². The van der Waals surface area contributed by atoms with E-state index in [1.54, 1.807) is 36.4 Å². The Morgan fingerprint density at radius 1 is 0.477 bits per heavy atom. The first-order valence-corrected chi connectivity index (χ1v) is 12.9. The van der Waals surface area contributed by atoms with E-state index < -0.39 is 58.0 Å². The van der Waals surface area contributed by atoms with Crippen LogP contribution >= 0.6 is 0 Å². The van der Waals surface area contributed by atoms with Gasteiger partial charge in [0.1, 0.15) is 0 Å². The summed E-state index contributed by atoms with van der Waals surface area (Å²) in [4.78, 5) is 26.0. The SMILES string of the molecule is O=C(O)c1c(-c2cc(F)c(F)c(F)c2)cc2ccccc2c1-c1c(C(=O)O)c(-c2cc(F)c(F)c(F)c2)cc2ccccc12. The lowest BCUT2D eigenvalue weighted by molar-refractivity contribution is 0.0685. The van der Waals surface area contributed by atoms with E-state index in [0.717, 1.165) is 0 Å². The van der Waals surface area contributed by atoms with Gasteiger partial charge in [-0.1, -0.05) is 48.5 Å². The van der Waals surface area contributed by atoms with Crippen LogP contribution in [0.5, 0.6) is 0 Å². The Bertz CT molecular complexity index is 2010. The summed E-state index contributed by atoms with van der Waals surface area (Å²) in [6.45, 7) is 0. The van der Waals surface area contributed by atoms with Crippen molar-refractivity contribution in [1.29, 1.82) is 0 Å². The second-order valence-corrected chi connectivity index (χ2v) is 9.91. The summed E-state index contributed by atoms with van der Waals surface area (Å²) in [6.07, 6.45) is 0. The van der Waals surface area contributed by atoms with Crippen molar-refractivity contribution < 1.29 is 46.1 Å². The molecule has 4 nitrogen and oxygen atoms in total. The maximum Gasteiger partial charge on any atom is 0.336 e. The van der Waals surface area contributed by atoms with Gasteiger partial charge in [-0.25, -0.2) is 35.9 Å². The van der Waals surface area contributed by atoms with Gasteiger partial charge in [-0.3, -0.25) is 0 Å². The number of benzene rings is 6. The summed E-state index contributed by atoms with van der Waals surface area (Å²) >= 11 is 0. The summed E-state index contributed by atoms with van der Waals surface area (Å²) in [6, 6.07) is 17.6. The third kappa shape index (κ3) is 4.51. The monoisotopic (exact) mass is 602 g/mol. The molecule has 0 radical (unpaired) electrons. The summed E-state index contributed by atoms with van der Waals surface area (Å²) in [5, 5.41) is 22.2. The summed E-state index contributed by atoms with van der Waals surface area (Å²) in [7, 11) is 0. The van der Waals surface area contributed by atoms with Crippen LogP contribution in [0, 0.1) is 34.9 Å². The number of aromatic carboxylic acids is 2. The molecule has 6 aromatic carbocycles. The number of rotatable bonds is 5. The fourth-order valence-corrected chi connectivity index (χ4v) is 5.54. The average Bonchev–Trinajstić information content (AvgIpc) is 2.99. The van der Waals surface area contributed by atoms with E-state index in [4.69, 9.17) is 0 Å². The lowest BCUT2D eigenvalue weighted by Crippen LogP contribution is -2.09. The average molecular weight is 602 g/mol. The molecule has 0 unspecified atom stereocenters. The molecule has 0 aliphatic heterocycles. The Balaban J connectivity index is 1.87. The standard InChI is InChI=1S/C34H16F6O4/c35-23-11-17(12-24(36)31(23)39)21-9-15-5-1-3-7-19(15)27(29(21)33(41)42)28-20-8-4-2-6-16(20)10-22(30(28)34(43)44)18-13-25(37)32(40)26(38)14-18/h1-14H,(H,41,42)(H,43,44). The van der Waals surface area contributed by atoms with Crippen molar-refractivity contribution in [2.24, 2.45) is 0 Å². The second kappa shape index (κ2) is 10.6. The molecule has 0 fully saturated rings. The Morgan fingerprint density at radius 3 is 1.11 bits per heavy atom. The van der Waals surface area contributed by atoms with Crippen LogP contribution in [0.15, 0.2) is 84.9 Å². The molecular weight excluding hydrogens is 586 g/mol. The van der Waals surface area contributed by atoms with E-state index in [9.17, 15) is 46.1 Å². The molecule has 218 valence electrons. The normalized spacial score (nSPS) is 11.3. The highest BCUT2D eigenvalue weighted by atomic mass is 19.2. The van der Waals surface area contributed by atoms with Crippen LogP contribution < -0.4 is 0 Å². The van der Waals surface area contributed by atoms with E-state index in [1.165, 1.54) is 24.3 Å². The van der Waals surface area contributed by atoms with Gasteiger partial charge < -0.3 is 10.2 Å². The number of carbonyl (C=O) groups is 2. The van der Waals surface area contributed by atoms with Crippen LogP contribution in [0.1, 0.15) is 20.7 Å². The van der Waals surface area contributed by atoms with Crippen LogP contribution in [0.4, 0.5) is 26.3 Å². The molecular formula is C34H16F6O4. The Labute approximate surface area is 244 Å². The summed E-state index contributed by atoms with van der Waals surface area (Å²) in [5.74, 6) is -13.1. The molecule has 0 heterocycles. The highest BCUT2D eigenvalue weighted by molar-refractivity contribution is 6.21. The van der Waals surface area contributed by atoms with Crippen LogP contribution in [-0.4, -0.2) is 22.2 Å². The first-order chi connectivity index (χ1) is 21.0. The fraction of sp³-hybridized carbons (Fsp3) is 0. The lowest BCUT2D eigenvalue weighted by Gasteiger charge is -2.21. The zero-order valence-corrected chi connectivity index (χ0v) is 22.1. The Morgan fingerprint density at radius 2 is 0.795 bits per heavy atom. The van der Waals surface area contributed by atoms with Gasteiger partial charge in [0.15, 0.2) is 34.9 Å². The smallest absolute Gasteiger partial charge is 0.336 e. The maximum atomic E-state index is 14.4. The minimum atomic E-state index is -1.77. The highest BCUT2D eigenvalue weighted by Crippen LogP contribution is 2.46. The molecule has 0 saturated heterocycles. The lowest BCUT2D eigenvalue weighted by atomic mass is 9.81. The number of hydrogen-bond acceptors (Lipinski definition) is 2. The molecule has 6 aromatic rings. The van der Waals surface area contributed by atoms with Crippen LogP contribution in [0.3, 0.4) is 0 Å². The van der Waals surface area contributed by atoms with E-state index in [2.05, 4.69) is 0 Å². The van der Waals surface area contributed by atoms with Crippen LogP contribution in [0.2, 0.25) is 0 Å². The Kier molecular flexibility index (Phi) is 6.84. The summed E-state index contributed by atoms with van der Waals surface area (Å²) < 4.78 is 85.3.